The molecule has 2 aliphatic rings. The summed E-state index contributed by atoms with van der Waals surface area (Å²) in [7, 11) is 0. The van der Waals surface area contributed by atoms with Crippen LogP contribution in [0.2, 0.25) is 0 Å². The molecule has 1 atom stereocenters. The molecule has 1 nitrogen and oxygen atoms in total. The number of benzene rings is 1. The Bertz CT molecular complexity index is 474. The zero-order valence-electron chi connectivity index (χ0n) is 11.9. The highest BCUT2D eigenvalue weighted by Crippen LogP contribution is 2.37. The topological polar surface area (TPSA) is 26.0 Å². The Kier molecular flexibility index (Phi) is 3.80. The van der Waals surface area contributed by atoms with Crippen LogP contribution in [-0.2, 0) is 19.3 Å². The molecule has 20 heavy (non-hydrogen) atoms. The first kappa shape index (κ1) is 14.0. The number of aryl methyl sites for hydroxylation is 2. The van der Waals surface area contributed by atoms with E-state index in [0.717, 1.165) is 6.42 Å². The van der Waals surface area contributed by atoms with Crippen LogP contribution in [-0.4, -0.2) is 12.0 Å². The first-order valence-electron chi connectivity index (χ1n) is 7.78. The molecule has 0 spiro atoms. The molecule has 1 unspecified atom stereocenters. The monoisotopic (exact) mass is 279 g/mol. The van der Waals surface area contributed by atoms with E-state index in [1.54, 1.807) is 0 Å². The summed E-state index contributed by atoms with van der Waals surface area (Å²) >= 11 is 0. The Morgan fingerprint density at radius 3 is 2.60 bits per heavy atom. The lowest BCUT2D eigenvalue weighted by Crippen LogP contribution is -2.37. The molecule has 1 aromatic rings. The van der Waals surface area contributed by atoms with Crippen LogP contribution in [0.15, 0.2) is 18.2 Å². The van der Waals surface area contributed by atoms with E-state index in [9.17, 15) is 8.78 Å². The summed E-state index contributed by atoms with van der Waals surface area (Å²) in [5, 5.41) is 0. The molecule has 2 N–H and O–H groups in total. The molecular formula is C17H23F2N. The average molecular weight is 279 g/mol. The van der Waals surface area contributed by atoms with Crippen molar-refractivity contribution in [3.63, 3.8) is 0 Å². The lowest BCUT2D eigenvalue weighted by atomic mass is 9.80. The Morgan fingerprint density at radius 2 is 1.85 bits per heavy atom. The lowest BCUT2D eigenvalue weighted by molar-refractivity contribution is -0.0481. The van der Waals surface area contributed by atoms with E-state index in [0.29, 0.717) is 12.8 Å². The zero-order chi connectivity index (χ0) is 14.2. The van der Waals surface area contributed by atoms with Gasteiger partial charge in [-0.25, -0.2) is 8.78 Å². The van der Waals surface area contributed by atoms with Gasteiger partial charge in [-0.05, 0) is 61.1 Å². The van der Waals surface area contributed by atoms with Crippen LogP contribution in [0.5, 0.6) is 0 Å². The lowest BCUT2D eigenvalue weighted by Gasteiger charge is -2.32. The van der Waals surface area contributed by atoms with Crippen molar-refractivity contribution in [2.24, 2.45) is 11.7 Å². The van der Waals surface area contributed by atoms with Gasteiger partial charge in [0.15, 0.2) is 0 Å². The van der Waals surface area contributed by atoms with Crippen molar-refractivity contribution in [1.29, 1.82) is 0 Å². The molecule has 1 fully saturated rings. The van der Waals surface area contributed by atoms with Crippen LogP contribution in [0, 0.1) is 5.92 Å². The maximum Gasteiger partial charge on any atom is 0.248 e. The van der Waals surface area contributed by atoms with Crippen LogP contribution < -0.4 is 5.73 Å². The molecule has 0 saturated heterocycles. The number of hydrogen-bond acceptors (Lipinski definition) is 1. The first-order chi connectivity index (χ1) is 9.53. The highest BCUT2D eigenvalue weighted by molar-refractivity contribution is 5.35. The fourth-order valence-electron chi connectivity index (χ4n) is 3.68. The van der Waals surface area contributed by atoms with Gasteiger partial charge in [-0.15, -0.1) is 0 Å². The summed E-state index contributed by atoms with van der Waals surface area (Å²) in [6.45, 7) is 0. The molecule has 1 saturated carbocycles. The second kappa shape index (κ2) is 5.44. The smallest absolute Gasteiger partial charge is 0.248 e. The molecule has 2 aliphatic carbocycles. The Balaban J connectivity index is 1.60. The largest absolute Gasteiger partial charge is 0.327 e. The van der Waals surface area contributed by atoms with Gasteiger partial charge in [-0.1, -0.05) is 18.2 Å². The maximum absolute atomic E-state index is 13.2. The minimum atomic E-state index is -2.45. The van der Waals surface area contributed by atoms with Crippen molar-refractivity contribution in [3.8, 4) is 0 Å². The number of alkyl halides is 2. The second-order valence-corrected chi connectivity index (χ2v) is 6.52. The molecule has 0 radical (unpaired) electrons. The first-order valence-corrected chi connectivity index (χ1v) is 7.78. The second-order valence-electron chi connectivity index (χ2n) is 6.52. The summed E-state index contributed by atoms with van der Waals surface area (Å²) in [6.07, 6.45) is 5.60. The van der Waals surface area contributed by atoms with E-state index in [4.69, 9.17) is 5.73 Å². The minimum absolute atomic E-state index is 0.00948. The summed E-state index contributed by atoms with van der Waals surface area (Å²) in [5.41, 5.74) is 10.5. The number of nitrogens with two attached hydrogens (primary N) is 1. The van der Waals surface area contributed by atoms with E-state index in [1.807, 2.05) is 0 Å². The Hall–Kier alpha value is -0.960. The number of halogens is 2. The maximum atomic E-state index is 13.2. The number of fused-ring (bicyclic) bond motifs is 1. The minimum Gasteiger partial charge on any atom is -0.327 e. The van der Waals surface area contributed by atoms with Crippen molar-refractivity contribution in [2.75, 3.05) is 0 Å². The molecule has 3 heteroatoms. The fraction of sp³-hybridized carbons (Fsp3) is 0.647. The molecule has 0 aliphatic heterocycles. The van der Waals surface area contributed by atoms with Crippen molar-refractivity contribution in [1.82, 2.24) is 0 Å². The summed E-state index contributed by atoms with van der Waals surface area (Å²) in [4.78, 5) is 0. The molecular weight excluding hydrogens is 256 g/mol. The molecule has 3 rings (SSSR count). The van der Waals surface area contributed by atoms with Gasteiger partial charge in [0.2, 0.25) is 5.92 Å². The molecule has 0 aromatic heterocycles. The van der Waals surface area contributed by atoms with Crippen LogP contribution in [0.1, 0.15) is 48.8 Å². The van der Waals surface area contributed by atoms with Crippen molar-refractivity contribution < 1.29 is 8.78 Å². The summed E-state index contributed by atoms with van der Waals surface area (Å²) in [5.74, 6) is -2.20. The average Bonchev–Trinajstić information content (AvgIpc) is 2.86. The predicted molar refractivity (Wildman–Crippen MR) is 77.1 cm³/mol. The van der Waals surface area contributed by atoms with Crippen molar-refractivity contribution in [3.05, 3.63) is 34.9 Å². The highest BCUT2D eigenvalue weighted by Gasteiger charge is 2.36. The third-order valence-electron chi connectivity index (χ3n) is 5.00. The summed E-state index contributed by atoms with van der Waals surface area (Å²) < 4.78 is 26.4. The van der Waals surface area contributed by atoms with E-state index >= 15 is 0 Å². The quantitative estimate of drug-likeness (QED) is 0.893. The normalized spacial score (nSPS) is 23.6. The number of hydrogen-bond donors (Lipinski definition) is 1. The van der Waals surface area contributed by atoms with Crippen LogP contribution in [0.25, 0.3) is 0 Å². The predicted octanol–water partition coefficient (Wildman–Crippen LogP) is 3.87. The Labute approximate surface area is 119 Å². The van der Waals surface area contributed by atoms with Gasteiger partial charge in [-0.2, -0.15) is 0 Å². The van der Waals surface area contributed by atoms with E-state index in [1.165, 1.54) is 36.0 Å². The fourth-order valence-corrected chi connectivity index (χ4v) is 3.68. The van der Waals surface area contributed by atoms with Crippen molar-refractivity contribution >= 4 is 0 Å². The van der Waals surface area contributed by atoms with Gasteiger partial charge in [0.05, 0.1) is 0 Å². The standard InChI is InChI=1S/C17H23F2N/c18-17(19)8-6-14(7-9-17)16(20)11-12-4-5-13-2-1-3-15(13)10-12/h4-5,10,14,16H,1-3,6-9,11,20H2. The molecule has 0 bridgehead atoms. The zero-order valence-corrected chi connectivity index (χ0v) is 11.9. The van der Waals surface area contributed by atoms with Gasteiger partial charge in [0.1, 0.15) is 0 Å². The Morgan fingerprint density at radius 1 is 1.15 bits per heavy atom. The van der Waals surface area contributed by atoms with Crippen LogP contribution in [0.3, 0.4) is 0 Å². The highest BCUT2D eigenvalue weighted by atomic mass is 19.3. The SMILES string of the molecule is NC(Cc1ccc2c(c1)CCC2)C1CCC(F)(F)CC1. The van der Waals surface area contributed by atoms with Gasteiger partial charge in [-0.3, -0.25) is 0 Å². The van der Waals surface area contributed by atoms with Gasteiger partial charge >= 0.3 is 0 Å². The van der Waals surface area contributed by atoms with Gasteiger partial charge in [0.25, 0.3) is 0 Å². The summed E-state index contributed by atoms with van der Waals surface area (Å²) in [6, 6.07) is 6.69. The molecule has 0 amide bonds. The van der Waals surface area contributed by atoms with Crippen LogP contribution >= 0.6 is 0 Å². The van der Waals surface area contributed by atoms with E-state index < -0.39 is 5.92 Å². The third kappa shape index (κ3) is 3.03. The van der Waals surface area contributed by atoms with Gasteiger partial charge in [0, 0.05) is 18.9 Å². The molecule has 110 valence electrons. The number of rotatable bonds is 3. The van der Waals surface area contributed by atoms with E-state index in [-0.39, 0.29) is 24.8 Å². The van der Waals surface area contributed by atoms with Crippen LogP contribution in [0.4, 0.5) is 8.78 Å². The van der Waals surface area contributed by atoms with Crippen molar-refractivity contribution in [2.45, 2.75) is 63.3 Å². The van der Waals surface area contributed by atoms with Gasteiger partial charge < -0.3 is 5.73 Å². The molecule has 1 aromatic carbocycles. The van der Waals surface area contributed by atoms with E-state index in [2.05, 4.69) is 18.2 Å². The molecule has 0 heterocycles. The third-order valence-corrected chi connectivity index (χ3v) is 5.00.